The molecule has 0 saturated heterocycles. The van der Waals surface area contributed by atoms with E-state index in [4.69, 9.17) is 16.3 Å². The Balaban J connectivity index is 2.46. The third-order valence-corrected chi connectivity index (χ3v) is 3.86. The molecular weight excluding hydrogens is 357 g/mol. The van der Waals surface area contributed by atoms with Gasteiger partial charge in [0.05, 0.1) is 17.0 Å². The summed E-state index contributed by atoms with van der Waals surface area (Å²) in [7, 11) is 1.50. The molecular formula is C14H9BrClF3O. The van der Waals surface area contributed by atoms with E-state index in [0.29, 0.717) is 27.9 Å². The second-order valence-corrected chi connectivity index (χ2v) is 5.33. The third-order valence-electron chi connectivity index (χ3n) is 2.77. The van der Waals surface area contributed by atoms with Gasteiger partial charge >= 0.3 is 0 Å². The minimum absolute atomic E-state index is 0.384. The van der Waals surface area contributed by atoms with Crippen LogP contribution in [0.2, 0.25) is 0 Å². The van der Waals surface area contributed by atoms with Crippen LogP contribution in [0.15, 0.2) is 34.8 Å². The molecule has 0 aliphatic heterocycles. The van der Waals surface area contributed by atoms with E-state index in [0.717, 1.165) is 0 Å². The monoisotopic (exact) mass is 364 g/mol. The normalized spacial score (nSPS) is 12.3. The number of rotatable bonds is 3. The van der Waals surface area contributed by atoms with Crippen molar-refractivity contribution in [3.63, 3.8) is 0 Å². The second kappa shape index (κ2) is 6.06. The number of benzene rings is 2. The zero-order valence-corrected chi connectivity index (χ0v) is 12.6. The summed E-state index contributed by atoms with van der Waals surface area (Å²) in [6.45, 7) is 0. The zero-order valence-electron chi connectivity index (χ0n) is 10.3. The van der Waals surface area contributed by atoms with Gasteiger partial charge in [0.1, 0.15) is 23.2 Å². The van der Waals surface area contributed by atoms with Crippen LogP contribution in [0.4, 0.5) is 13.2 Å². The molecule has 1 unspecified atom stereocenters. The van der Waals surface area contributed by atoms with Crippen molar-refractivity contribution in [3.05, 3.63) is 63.4 Å². The Labute approximate surface area is 127 Å². The predicted octanol–water partition coefficient (Wildman–Crippen LogP) is 5.20. The van der Waals surface area contributed by atoms with Crippen LogP contribution in [0.25, 0.3) is 0 Å². The summed E-state index contributed by atoms with van der Waals surface area (Å²) in [5, 5.41) is -1.07. The maximum atomic E-state index is 13.7. The van der Waals surface area contributed by atoms with Gasteiger partial charge in [-0.3, -0.25) is 0 Å². The number of methoxy groups -OCH3 is 1. The quantitative estimate of drug-likeness (QED) is 0.679. The van der Waals surface area contributed by atoms with E-state index in [9.17, 15) is 13.2 Å². The summed E-state index contributed by atoms with van der Waals surface area (Å²) in [4.78, 5) is 0. The van der Waals surface area contributed by atoms with Gasteiger partial charge < -0.3 is 4.74 Å². The highest BCUT2D eigenvalue weighted by Gasteiger charge is 2.21. The van der Waals surface area contributed by atoms with Crippen molar-refractivity contribution in [2.75, 3.05) is 7.11 Å². The van der Waals surface area contributed by atoms with Gasteiger partial charge in [-0.25, -0.2) is 13.2 Å². The molecule has 0 aromatic heterocycles. The average molecular weight is 366 g/mol. The molecule has 2 aromatic carbocycles. The van der Waals surface area contributed by atoms with Crippen LogP contribution in [-0.4, -0.2) is 7.11 Å². The third kappa shape index (κ3) is 2.94. The Bertz CT molecular complexity index is 625. The van der Waals surface area contributed by atoms with E-state index in [1.807, 2.05) is 0 Å². The molecule has 0 spiro atoms. The minimum atomic E-state index is -1.07. The van der Waals surface area contributed by atoms with Crippen LogP contribution in [-0.2, 0) is 0 Å². The van der Waals surface area contributed by atoms with Crippen LogP contribution >= 0.6 is 27.5 Å². The van der Waals surface area contributed by atoms with E-state index in [1.165, 1.54) is 7.11 Å². The summed E-state index contributed by atoms with van der Waals surface area (Å²) in [5.74, 6) is -2.45. The number of alkyl halides is 1. The van der Waals surface area contributed by atoms with Crippen LogP contribution in [0, 0.1) is 17.5 Å². The summed E-state index contributed by atoms with van der Waals surface area (Å²) in [5.41, 5.74) is 0.0777. The maximum absolute atomic E-state index is 13.7. The first kappa shape index (κ1) is 15.2. The van der Waals surface area contributed by atoms with Gasteiger partial charge in [0.25, 0.3) is 0 Å². The minimum Gasteiger partial charge on any atom is -0.496 e. The Morgan fingerprint density at radius 1 is 1.10 bits per heavy atom. The van der Waals surface area contributed by atoms with Crippen LogP contribution in [0.1, 0.15) is 16.5 Å². The van der Waals surface area contributed by atoms with E-state index < -0.39 is 22.8 Å². The predicted molar refractivity (Wildman–Crippen MR) is 74.7 cm³/mol. The van der Waals surface area contributed by atoms with Crippen LogP contribution in [0.5, 0.6) is 5.75 Å². The van der Waals surface area contributed by atoms with Crippen molar-refractivity contribution in [1.82, 2.24) is 0 Å². The molecule has 1 atom stereocenters. The van der Waals surface area contributed by atoms with Gasteiger partial charge in [-0.05, 0) is 33.6 Å². The molecule has 0 aliphatic carbocycles. The smallest absolute Gasteiger partial charge is 0.134 e. The maximum Gasteiger partial charge on any atom is 0.134 e. The lowest BCUT2D eigenvalue weighted by atomic mass is 10.0. The van der Waals surface area contributed by atoms with Gasteiger partial charge in [0.15, 0.2) is 0 Å². The van der Waals surface area contributed by atoms with Crippen molar-refractivity contribution in [1.29, 1.82) is 0 Å². The summed E-state index contributed by atoms with van der Waals surface area (Å²) in [6, 6.07) is 6.01. The Morgan fingerprint density at radius 2 is 1.70 bits per heavy atom. The fourth-order valence-electron chi connectivity index (χ4n) is 1.80. The molecule has 6 heteroatoms. The first-order valence-corrected chi connectivity index (χ1v) is 6.79. The van der Waals surface area contributed by atoms with E-state index in [-0.39, 0.29) is 5.56 Å². The molecule has 0 heterocycles. The average Bonchev–Trinajstić information content (AvgIpc) is 2.37. The van der Waals surface area contributed by atoms with E-state index in [2.05, 4.69) is 15.9 Å². The van der Waals surface area contributed by atoms with Crippen molar-refractivity contribution < 1.29 is 17.9 Å². The van der Waals surface area contributed by atoms with Crippen LogP contribution < -0.4 is 4.74 Å². The number of hydrogen-bond donors (Lipinski definition) is 0. The lowest BCUT2D eigenvalue weighted by Crippen LogP contribution is -2.02. The largest absolute Gasteiger partial charge is 0.496 e. The van der Waals surface area contributed by atoms with Crippen molar-refractivity contribution in [2.24, 2.45) is 0 Å². The van der Waals surface area contributed by atoms with Gasteiger partial charge in [0.2, 0.25) is 0 Å². The lowest BCUT2D eigenvalue weighted by Gasteiger charge is -2.14. The molecule has 106 valence electrons. The SMILES string of the molecule is COc1ccc(C(Cl)c2c(F)cc(F)cc2F)cc1Br. The lowest BCUT2D eigenvalue weighted by molar-refractivity contribution is 0.412. The topological polar surface area (TPSA) is 9.23 Å². The molecule has 20 heavy (non-hydrogen) atoms. The molecule has 0 fully saturated rings. The van der Waals surface area contributed by atoms with Gasteiger partial charge in [-0.1, -0.05) is 6.07 Å². The van der Waals surface area contributed by atoms with E-state index >= 15 is 0 Å². The van der Waals surface area contributed by atoms with E-state index in [1.54, 1.807) is 18.2 Å². The van der Waals surface area contributed by atoms with Gasteiger partial charge in [-0.15, -0.1) is 11.6 Å². The molecule has 0 aliphatic rings. The number of halogens is 5. The van der Waals surface area contributed by atoms with Crippen molar-refractivity contribution in [3.8, 4) is 5.75 Å². The van der Waals surface area contributed by atoms with Crippen molar-refractivity contribution in [2.45, 2.75) is 5.38 Å². The number of ether oxygens (including phenoxy) is 1. The van der Waals surface area contributed by atoms with Crippen molar-refractivity contribution >= 4 is 27.5 Å². The summed E-state index contributed by atoms with van der Waals surface area (Å²) >= 11 is 9.36. The standard InChI is InChI=1S/C14H9BrClF3O/c1-20-12-3-2-7(4-9(12)15)14(16)13-10(18)5-8(17)6-11(13)19/h2-6,14H,1H3. The highest BCUT2D eigenvalue weighted by atomic mass is 79.9. The fraction of sp³-hybridized carbons (Fsp3) is 0.143. The molecule has 0 amide bonds. The number of hydrogen-bond acceptors (Lipinski definition) is 1. The van der Waals surface area contributed by atoms with Gasteiger partial charge in [0, 0.05) is 17.7 Å². The molecule has 0 radical (unpaired) electrons. The molecule has 0 saturated carbocycles. The summed E-state index contributed by atoms with van der Waals surface area (Å²) in [6.07, 6.45) is 0. The summed E-state index contributed by atoms with van der Waals surface area (Å²) < 4.78 is 45.9. The molecule has 2 aromatic rings. The Morgan fingerprint density at radius 3 is 2.20 bits per heavy atom. The zero-order chi connectivity index (χ0) is 14.9. The highest BCUT2D eigenvalue weighted by Crippen LogP contribution is 2.36. The first-order valence-electron chi connectivity index (χ1n) is 5.56. The first-order chi connectivity index (χ1) is 9.43. The highest BCUT2D eigenvalue weighted by molar-refractivity contribution is 9.10. The molecule has 1 nitrogen and oxygen atoms in total. The second-order valence-electron chi connectivity index (χ2n) is 4.04. The molecule has 2 rings (SSSR count). The Hall–Kier alpha value is -1.20. The Kier molecular flexibility index (Phi) is 4.60. The molecule has 0 bridgehead atoms. The van der Waals surface area contributed by atoms with Gasteiger partial charge in [-0.2, -0.15) is 0 Å². The molecule has 0 N–H and O–H groups in total. The fourth-order valence-corrected chi connectivity index (χ4v) is 2.71. The van der Waals surface area contributed by atoms with Crippen LogP contribution in [0.3, 0.4) is 0 Å².